The molecule has 0 spiro atoms. The number of hydrogen-bond donors (Lipinski definition) is 3. The summed E-state index contributed by atoms with van der Waals surface area (Å²) in [7, 11) is 0. The summed E-state index contributed by atoms with van der Waals surface area (Å²) in [4.78, 5) is 50.8. The van der Waals surface area contributed by atoms with Crippen LogP contribution in [0.5, 0.6) is 0 Å². The van der Waals surface area contributed by atoms with E-state index >= 15 is 0 Å². The van der Waals surface area contributed by atoms with Gasteiger partial charge >= 0.3 is 23.9 Å². The van der Waals surface area contributed by atoms with Crippen LogP contribution >= 0.6 is 0 Å². The standard InChI is InChI=1S/C57H92O12/c1-4-7-10-13-16-19-22-25-28-31-34-37-40-43-49(58)65-46-48(67-50(59)44-41-38-35-32-29-26-23-20-17-14-11-8-5-2)47-66-57-55(53(62)52(61)54(69-57)56(63)64)68-51(60)45-42-39-36-33-30-27-24-21-18-15-12-9-6-3/h7,10-11,14,16,19-21,23-25,28,34,37,48,52-55,57,61-62H,4-6,8-9,12-13,15,17-18,22,26-27,29-33,35-36,38-47H2,1-3H3,(H,63,64)/b10-7-,14-11-,19-16-,23-20-,24-21-,28-25-,37-34-. The molecule has 1 aliphatic heterocycles. The van der Waals surface area contributed by atoms with Crippen LogP contribution in [0.3, 0.4) is 0 Å². The van der Waals surface area contributed by atoms with Gasteiger partial charge in [0.15, 0.2) is 24.6 Å². The van der Waals surface area contributed by atoms with E-state index in [2.05, 4.69) is 93.7 Å². The molecule has 0 saturated carbocycles. The number of aliphatic hydroxyl groups is 2. The van der Waals surface area contributed by atoms with Gasteiger partial charge in [-0.3, -0.25) is 14.4 Å². The highest BCUT2D eigenvalue weighted by molar-refractivity contribution is 5.74. The van der Waals surface area contributed by atoms with Crippen LogP contribution in [0.25, 0.3) is 0 Å². The molecule has 0 aromatic carbocycles. The van der Waals surface area contributed by atoms with Gasteiger partial charge in [-0.05, 0) is 96.3 Å². The van der Waals surface area contributed by atoms with Gasteiger partial charge in [-0.15, -0.1) is 0 Å². The van der Waals surface area contributed by atoms with Crippen LogP contribution < -0.4 is 0 Å². The molecule has 0 radical (unpaired) electrons. The van der Waals surface area contributed by atoms with Crippen molar-refractivity contribution < 1.29 is 58.2 Å². The van der Waals surface area contributed by atoms with Crippen LogP contribution in [0.2, 0.25) is 0 Å². The minimum atomic E-state index is -1.92. The molecule has 0 aromatic heterocycles. The number of aliphatic hydroxyl groups excluding tert-OH is 2. The molecule has 6 atom stereocenters. The maximum absolute atomic E-state index is 13.1. The van der Waals surface area contributed by atoms with Crippen molar-refractivity contribution in [1.82, 2.24) is 0 Å². The van der Waals surface area contributed by atoms with E-state index in [1.54, 1.807) is 0 Å². The van der Waals surface area contributed by atoms with Crippen molar-refractivity contribution in [2.24, 2.45) is 0 Å². The molecular formula is C57H92O12. The van der Waals surface area contributed by atoms with Gasteiger partial charge < -0.3 is 39.0 Å². The van der Waals surface area contributed by atoms with Crippen molar-refractivity contribution >= 4 is 23.9 Å². The molecule has 6 unspecified atom stereocenters. The molecule has 0 aliphatic carbocycles. The van der Waals surface area contributed by atoms with E-state index in [4.69, 9.17) is 23.7 Å². The Labute approximate surface area is 416 Å². The predicted octanol–water partition coefficient (Wildman–Crippen LogP) is 12.8. The molecule has 1 rings (SSSR count). The third-order valence-corrected chi connectivity index (χ3v) is 11.4. The number of aliphatic carboxylic acids is 1. The number of carbonyl (C=O) groups is 4. The van der Waals surface area contributed by atoms with Crippen molar-refractivity contribution in [3.63, 3.8) is 0 Å². The number of hydrogen-bond acceptors (Lipinski definition) is 11. The highest BCUT2D eigenvalue weighted by Gasteiger charge is 2.50. The first kappa shape index (κ1) is 62.9. The van der Waals surface area contributed by atoms with Crippen LogP contribution in [-0.4, -0.2) is 89.2 Å². The summed E-state index contributed by atoms with van der Waals surface area (Å²) in [5, 5.41) is 31.3. The Kier molecular flexibility index (Phi) is 41.1. The molecule has 12 nitrogen and oxygen atoms in total. The largest absolute Gasteiger partial charge is 0.479 e. The monoisotopic (exact) mass is 969 g/mol. The topological polar surface area (TPSA) is 175 Å². The second-order valence-electron chi connectivity index (χ2n) is 17.8. The van der Waals surface area contributed by atoms with E-state index in [0.717, 1.165) is 116 Å². The molecule has 0 bridgehead atoms. The second-order valence-corrected chi connectivity index (χ2v) is 17.8. The summed E-state index contributed by atoms with van der Waals surface area (Å²) in [5.74, 6) is -3.27. The predicted molar refractivity (Wildman–Crippen MR) is 275 cm³/mol. The Morgan fingerprint density at radius 1 is 0.493 bits per heavy atom. The molecule has 12 heteroatoms. The zero-order chi connectivity index (χ0) is 50.4. The lowest BCUT2D eigenvalue weighted by molar-refractivity contribution is -0.301. The summed E-state index contributed by atoms with van der Waals surface area (Å²) in [6.07, 6.45) is 44.4. The molecule has 0 aromatic rings. The van der Waals surface area contributed by atoms with E-state index in [0.29, 0.717) is 19.3 Å². The molecule has 3 N–H and O–H groups in total. The van der Waals surface area contributed by atoms with Gasteiger partial charge in [-0.2, -0.15) is 0 Å². The van der Waals surface area contributed by atoms with Crippen molar-refractivity contribution in [3.05, 3.63) is 85.1 Å². The van der Waals surface area contributed by atoms with Gasteiger partial charge in [0, 0.05) is 19.3 Å². The molecule has 1 heterocycles. The van der Waals surface area contributed by atoms with E-state index < -0.39 is 67.3 Å². The molecule has 1 fully saturated rings. The Balaban J connectivity index is 2.79. The fourth-order valence-electron chi connectivity index (χ4n) is 7.35. The number of ether oxygens (including phenoxy) is 5. The lowest BCUT2D eigenvalue weighted by atomic mass is 9.98. The van der Waals surface area contributed by atoms with Gasteiger partial charge in [-0.25, -0.2) is 4.79 Å². The SMILES string of the molecule is CC/C=C\C/C=C\C/C=C\C/C=C\CCC(=O)OCC(COC1OC(C(=O)O)C(O)C(O)C1OC(=O)CCCCCCC/C=C\CCCCCC)OC(=O)CCCCCCC/C=C\C/C=C\CCC. The fraction of sp³-hybridized carbons (Fsp3) is 0.684. The molecular weight excluding hydrogens is 877 g/mol. The average molecular weight is 969 g/mol. The lowest BCUT2D eigenvalue weighted by Crippen LogP contribution is -2.61. The zero-order valence-corrected chi connectivity index (χ0v) is 42.8. The summed E-state index contributed by atoms with van der Waals surface area (Å²) < 4.78 is 28.2. The number of rotatable bonds is 43. The molecule has 1 saturated heterocycles. The molecule has 69 heavy (non-hydrogen) atoms. The maximum atomic E-state index is 13.1. The van der Waals surface area contributed by atoms with Gasteiger partial charge in [0.1, 0.15) is 18.8 Å². The third kappa shape index (κ3) is 35.6. The van der Waals surface area contributed by atoms with E-state index in [1.807, 2.05) is 12.2 Å². The highest BCUT2D eigenvalue weighted by Crippen LogP contribution is 2.26. The Morgan fingerprint density at radius 3 is 1.52 bits per heavy atom. The van der Waals surface area contributed by atoms with Crippen molar-refractivity contribution in [1.29, 1.82) is 0 Å². The third-order valence-electron chi connectivity index (χ3n) is 11.4. The Hall–Kier alpha value is -4.10. The number of carbonyl (C=O) groups excluding carboxylic acids is 3. The van der Waals surface area contributed by atoms with Gasteiger partial charge in [0.25, 0.3) is 0 Å². The van der Waals surface area contributed by atoms with Crippen LogP contribution in [0.4, 0.5) is 0 Å². The summed E-state index contributed by atoms with van der Waals surface area (Å²) in [6.45, 7) is 5.68. The van der Waals surface area contributed by atoms with Crippen molar-refractivity contribution in [3.8, 4) is 0 Å². The fourth-order valence-corrected chi connectivity index (χ4v) is 7.35. The summed E-state index contributed by atoms with van der Waals surface area (Å²) in [6, 6.07) is 0. The normalized spacial score (nSPS) is 19.3. The minimum absolute atomic E-state index is 0.0389. The smallest absolute Gasteiger partial charge is 0.335 e. The number of carboxylic acids is 1. The summed E-state index contributed by atoms with van der Waals surface area (Å²) in [5.41, 5.74) is 0. The van der Waals surface area contributed by atoms with E-state index in [-0.39, 0.29) is 25.9 Å². The van der Waals surface area contributed by atoms with Crippen LogP contribution in [0.15, 0.2) is 85.1 Å². The van der Waals surface area contributed by atoms with E-state index in [9.17, 15) is 34.5 Å². The lowest BCUT2D eigenvalue weighted by Gasteiger charge is -2.40. The first-order valence-electron chi connectivity index (χ1n) is 26.6. The minimum Gasteiger partial charge on any atom is -0.479 e. The van der Waals surface area contributed by atoms with Crippen molar-refractivity contribution in [2.45, 2.75) is 237 Å². The first-order chi connectivity index (χ1) is 33.6. The van der Waals surface area contributed by atoms with Crippen LogP contribution in [-0.2, 0) is 42.9 Å². The van der Waals surface area contributed by atoms with Crippen molar-refractivity contribution in [2.75, 3.05) is 13.2 Å². The second kappa shape index (κ2) is 45.1. The number of carboxylic acid groups (broad SMARTS) is 1. The number of allylic oxidation sites excluding steroid dienone is 14. The van der Waals surface area contributed by atoms with Crippen LogP contribution in [0, 0.1) is 0 Å². The molecule has 1 aliphatic rings. The maximum Gasteiger partial charge on any atom is 0.335 e. The van der Waals surface area contributed by atoms with Crippen LogP contribution in [0.1, 0.15) is 201 Å². The highest BCUT2D eigenvalue weighted by atomic mass is 16.7. The summed E-state index contributed by atoms with van der Waals surface area (Å²) >= 11 is 0. The van der Waals surface area contributed by atoms with Gasteiger partial charge in [0.05, 0.1) is 6.61 Å². The zero-order valence-electron chi connectivity index (χ0n) is 42.8. The van der Waals surface area contributed by atoms with E-state index in [1.165, 1.54) is 25.7 Å². The number of esters is 3. The Bertz CT molecular complexity index is 1530. The average Bonchev–Trinajstić information content (AvgIpc) is 3.33. The molecule has 392 valence electrons. The number of unbranched alkanes of at least 4 members (excludes halogenated alkanes) is 15. The van der Waals surface area contributed by atoms with Gasteiger partial charge in [-0.1, -0.05) is 170 Å². The van der Waals surface area contributed by atoms with Gasteiger partial charge in [0.2, 0.25) is 0 Å². The quantitative estimate of drug-likeness (QED) is 0.0229. The molecule has 0 amide bonds. The first-order valence-corrected chi connectivity index (χ1v) is 26.6. The Morgan fingerprint density at radius 2 is 0.971 bits per heavy atom.